The summed E-state index contributed by atoms with van der Waals surface area (Å²) in [5.74, 6) is -1.38. The average Bonchev–Trinajstić information content (AvgIpc) is 3.40. The molecule has 0 aromatic heterocycles. The molecule has 1 heterocycles. The standard InChI is InChI=1S/C28H49N5O5/c1-7-9-19(22(34)26(37)30-17-12-13-17)31-25(36)21-18-11-8-10-16(18)14-33(21)27(38)23(28(4,5)6)32-24(35)20(29)15(2)3/h15-23,34H,7-14,29H2,1-6H3,(H,30,37)(H,31,36)(H,32,35)/t16-,18-,19?,20-,21-,22+,23-/m0/s1. The topological polar surface area (TPSA) is 154 Å². The predicted molar refractivity (Wildman–Crippen MR) is 145 cm³/mol. The number of hydrogen-bond donors (Lipinski definition) is 5. The molecule has 2 saturated carbocycles. The lowest BCUT2D eigenvalue weighted by molar-refractivity contribution is -0.145. The molecule has 0 radical (unpaired) electrons. The van der Waals surface area contributed by atoms with Crippen molar-refractivity contribution in [3.63, 3.8) is 0 Å². The fourth-order valence-electron chi connectivity index (χ4n) is 5.81. The Balaban J connectivity index is 1.81. The van der Waals surface area contributed by atoms with Crippen LogP contribution in [0.2, 0.25) is 0 Å². The van der Waals surface area contributed by atoms with Crippen LogP contribution >= 0.6 is 0 Å². The molecule has 1 unspecified atom stereocenters. The number of aliphatic hydroxyl groups excluding tert-OH is 1. The first-order valence-corrected chi connectivity index (χ1v) is 14.4. The van der Waals surface area contributed by atoms with Gasteiger partial charge in [-0.3, -0.25) is 19.2 Å². The molecule has 0 aromatic carbocycles. The minimum Gasteiger partial charge on any atom is -0.381 e. The zero-order valence-corrected chi connectivity index (χ0v) is 24.0. The molecule has 7 atom stereocenters. The van der Waals surface area contributed by atoms with Gasteiger partial charge in [0.15, 0.2) is 6.10 Å². The average molecular weight is 536 g/mol. The summed E-state index contributed by atoms with van der Waals surface area (Å²) in [4.78, 5) is 54.8. The molecule has 3 fully saturated rings. The van der Waals surface area contributed by atoms with E-state index in [2.05, 4.69) is 16.0 Å². The molecule has 216 valence electrons. The summed E-state index contributed by atoms with van der Waals surface area (Å²) in [5.41, 5.74) is 5.46. The third-order valence-electron chi connectivity index (χ3n) is 8.36. The molecule has 0 bridgehead atoms. The van der Waals surface area contributed by atoms with E-state index in [1.165, 1.54) is 0 Å². The molecule has 10 nitrogen and oxygen atoms in total. The van der Waals surface area contributed by atoms with E-state index in [1.54, 1.807) is 4.90 Å². The summed E-state index contributed by atoms with van der Waals surface area (Å²) in [5, 5.41) is 19.4. The number of aliphatic hydroxyl groups is 1. The lowest BCUT2D eigenvalue weighted by Gasteiger charge is -2.37. The van der Waals surface area contributed by atoms with Crippen LogP contribution in [0.5, 0.6) is 0 Å². The van der Waals surface area contributed by atoms with Crippen LogP contribution in [0.4, 0.5) is 0 Å². The maximum Gasteiger partial charge on any atom is 0.251 e. The minimum atomic E-state index is -1.36. The van der Waals surface area contributed by atoms with Gasteiger partial charge in [0.1, 0.15) is 12.1 Å². The number of carbonyl (C=O) groups is 4. The van der Waals surface area contributed by atoms with Gasteiger partial charge in [-0.1, -0.05) is 54.4 Å². The smallest absolute Gasteiger partial charge is 0.251 e. The SMILES string of the molecule is CCCC(NC(=O)[C@@H]1[C@H]2CCC[C@H]2CN1C(=O)[C@H](NC(=O)[C@@H](N)C(C)C)C(C)(C)C)[C@@H](O)C(=O)NC1CC1. The molecule has 3 aliphatic rings. The number of amides is 4. The van der Waals surface area contributed by atoms with Crippen molar-refractivity contribution >= 4 is 23.6 Å². The van der Waals surface area contributed by atoms with E-state index in [4.69, 9.17) is 5.73 Å². The van der Waals surface area contributed by atoms with E-state index < -0.39 is 41.6 Å². The summed E-state index contributed by atoms with van der Waals surface area (Å²) >= 11 is 0. The van der Waals surface area contributed by atoms with Crippen molar-refractivity contribution in [1.29, 1.82) is 0 Å². The number of carbonyl (C=O) groups excluding carboxylic acids is 4. The molecule has 10 heteroatoms. The third-order valence-corrected chi connectivity index (χ3v) is 8.36. The summed E-state index contributed by atoms with van der Waals surface area (Å²) in [6, 6.07) is -2.96. The van der Waals surface area contributed by atoms with Gasteiger partial charge >= 0.3 is 0 Å². The van der Waals surface area contributed by atoms with E-state index in [9.17, 15) is 24.3 Å². The van der Waals surface area contributed by atoms with E-state index in [0.29, 0.717) is 19.4 Å². The predicted octanol–water partition coefficient (Wildman–Crippen LogP) is 1.05. The van der Waals surface area contributed by atoms with Crippen molar-refractivity contribution in [2.75, 3.05) is 6.54 Å². The highest BCUT2D eigenvalue weighted by Gasteiger charge is 2.52. The lowest BCUT2D eigenvalue weighted by Crippen LogP contribution is -2.61. The Bertz CT molecular complexity index is 883. The van der Waals surface area contributed by atoms with Gasteiger partial charge in [-0.15, -0.1) is 0 Å². The number of nitrogens with two attached hydrogens (primary N) is 1. The zero-order valence-electron chi connectivity index (χ0n) is 24.0. The van der Waals surface area contributed by atoms with E-state index in [1.807, 2.05) is 41.5 Å². The number of likely N-dealkylation sites (tertiary alicyclic amines) is 1. The van der Waals surface area contributed by atoms with Crippen LogP contribution in [0.25, 0.3) is 0 Å². The van der Waals surface area contributed by atoms with Gasteiger partial charge < -0.3 is 31.7 Å². The molecule has 0 spiro atoms. The van der Waals surface area contributed by atoms with Crippen LogP contribution < -0.4 is 21.7 Å². The van der Waals surface area contributed by atoms with Gasteiger partial charge in [0.2, 0.25) is 17.7 Å². The summed E-state index contributed by atoms with van der Waals surface area (Å²) in [6.07, 6.45) is 4.32. The highest BCUT2D eigenvalue weighted by atomic mass is 16.3. The monoisotopic (exact) mass is 535 g/mol. The maximum absolute atomic E-state index is 14.0. The quantitative estimate of drug-likeness (QED) is 0.267. The normalized spacial score (nSPS) is 26.3. The molecule has 3 rings (SSSR count). The Morgan fingerprint density at radius 1 is 1.03 bits per heavy atom. The van der Waals surface area contributed by atoms with Gasteiger partial charge in [-0.2, -0.15) is 0 Å². The van der Waals surface area contributed by atoms with Crippen molar-refractivity contribution in [2.45, 2.75) is 123 Å². The second-order valence-corrected chi connectivity index (χ2v) is 13.0. The number of hydrogen-bond acceptors (Lipinski definition) is 6. The fourth-order valence-corrected chi connectivity index (χ4v) is 5.81. The molecule has 1 aliphatic heterocycles. The van der Waals surface area contributed by atoms with Crippen LogP contribution in [0.3, 0.4) is 0 Å². The first-order valence-electron chi connectivity index (χ1n) is 14.4. The largest absolute Gasteiger partial charge is 0.381 e. The van der Waals surface area contributed by atoms with Crippen LogP contribution in [0.1, 0.15) is 86.5 Å². The van der Waals surface area contributed by atoms with Crippen LogP contribution in [-0.2, 0) is 19.2 Å². The second-order valence-electron chi connectivity index (χ2n) is 13.0. The minimum absolute atomic E-state index is 0.00732. The number of nitrogens with zero attached hydrogens (tertiary/aromatic N) is 1. The first kappa shape index (κ1) is 30.3. The first-order chi connectivity index (χ1) is 17.8. The van der Waals surface area contributed by atoms with Crippen molar-refractivity contribution in [3.8, 4) is 0 Å². The maximum atomic E-state index is 14.0. The molecule has 38 heavy (non-hydrogen) atoms. The Morgan fingerprint density at radius 2 is 1.68 bits per heavy atom. The Morgan fingerprint density at radius 3 is 2.24 bits per heavy atom. The zero-order chi connectivity index (χ0) is 28.4. The summed E-state index contributed by atoms with van der Waals surface area (Å²) < 4.78 is 0. The molecule has 6 N–H and O–H groups in total. The van der Waals surface area contributed by atoms with E-state index in [0.717, 1.165) is 32.1 Å². The fraction of sp³-hybridized carbons (Fsp3) is 0.857. The van der Waals surface area contributed by atoms with Gasteiger partial charge in [-0.25, -0.2) is 0 Å². The molecule has 0 aromatic rings. The van der Waals surface area contributed by atoms with Crippen molar-refractivity contribution in [2.24, 2.45) is 28.9 Å². The highest BCUT2D eigenvalue weighted by Crippen LogP contribution is 2.43. The van der Waals surface area contributed by atoms with Crippen LogP contribution in [0.15, 0.2) is 0 Å². The number of fused-ring (bicyclic) bond motifs is 1. The van der Waals surface area contributed by atoms with Crippen LogP contribution in [0, 0.1) is 23.2 Å². The second kappa shape index (κ2) is 12.3. The Hall–Kier alpha value is -2.20. The van der Waals surface area contributed by atoms with Crippen LogP contribution in [-0.4, -0.2) is 76.5 Å². The molecular weight excluding hydrogens is 486 g/mol. The van der Waals surface area contributed by atoms with Crippen molar-refractivity contribution in [1.82, 2.24) is 20.9 Å². The number of rotatable bonds is 11. The van der Waals surface area contributed by atoms with E-state index >= 15 is 0 Å². The molecule has 2 aliphatic carbocycles. The summed E-state index contributed by atoms with van der Waals surface area (Å²) in [6.45, 7) is 11.7. The third kappa shape index (κ3) is 7.05. The molecule has 1 saturated heterocycles. The number of nitrogens with one attached hydrogen (secondary N) is 3. The van der Waals surface area contributed by atoms with Gasteiger partial charge in [-0.05, 0) is 55.3 Å². The molecule has 4 amide bonds. The Kier molecular flexibility index (Phi) is 9.84. The van der Waals surface area contributed by atoms with E-state index in [-0.39, 0.29) is 41.5 Å². The van der Waals surface area contributed by atoms with Gasteiger partial charge in [0.25, 0.3) is 5.91 Å². The van der Waals surface area contributed by atoms with Crippen molar-refractivity contribution < 1.29 is 24.3 Å². The lowest BCUT2D eigenvalue weighted by atomic mass is 9.85. The Labute approximate surface area is 227 Å². The van der Waals surface area contributed by atoms with Crippen molar-refractivity contribution in [3.05, 3.63) is 0 Å². The molecular formula is C28H49N5O5. The highest BCUT2D eigenvalue weighted by molar-refractivity contribution is 5.94. The van der Waals surface area contributed by atoms with Gasteiger partial charge in [0, 0.05) is 12.6 Å². The summed E-state index contributed by atoms with van der Waals surface area (Å²) in [7, 11) is 0. The van der Waals surface area contributed by atoms with Gasteiger partial charge in [0.05, 0.1) is 12.1 Å².